The second kappa shape index (κ2) is 6.38. The van der Waals surface area contributed by atoms with Crippen molar-refractivity contribution in [3.8, 4) is 0 Å². The minimum Gasteiger partial charge on any atom is -0.352 e. The molecule has 0 bridgehead atoms. The van der Waals surface area contributed by atoms with Gasteiger partial charge in [0.05, 0.1) is 13.1 Å². The van der Waals surface area contributed by atoms with Crippen LogP contribution in [0.25, 0.3) is 0 Å². The van der Waals surface area contributed by atoms with Gasteiger partial charge in [-0.25, -0.2) is 4.98 Å². The first-order chi connectivity index (χ1) is 9.20. The van der Waals surface area contributed by atoms with Crippen LogP contribution in [0.2, 0.25) is 0 Å². The van der Waals surface area contributed by atoms with Crippen LogP contribution in [-0.4, -0.2) is 22.6 Å². The minimum atomic E-state index is 0.659. The maximum absolute atomic E-state index is 4.27. The third-order valence-electron chi connectivity index (χ3n) is 2.94. The summed E-state index contributed by atoms with van der Waals surface area (Å²) in [5.74, 6) is 1.77. The Morgan fingerprint density at radius 1 is 1.42 bits per heavy atom. The van der Waals surface area contributed by atoms with Crippen molar-refractivity contribution in [1.82, 2.24) is 20.2 Å². The van der Waals surface area contributed by atoms with Gasteiger partial charge in [0, 0.05) is 31.4 Å². The average molecular weight is 277 g/mol. The van der Waals surface area contributed by atoms with E-state index in [1.165, 1.54) is 10.4 Å². The van der Waals surface area contributed by atoms with Crippen molar-refractivity contribution in [3.63, 3.8) is 0 Å². The SMILES string of the molecule is CN=C(NCc1sccc1C)NCc1nccn1C. The van der Waals surface area contributed by atoms with E-state index >= 15 is 0 Å². The quantitative estimate of drug-likeness (QED) is 0.660. The number of guanidine groups is 1. The highest BCUT2D eigenvalue weighted by Crippen LogP contribution is 2.14. The fourth-order valence-corrected chi connectivity index (χ4v) is 2.55. The molecule has 0 radical (unpaired) electrons. The second-order valence-electron chi connectivity index (χ2n) is 4.26. The Bertz CT molecular complexity index is 509. The van der Waals surface area contributed by atoms with Crippen molar-refractivity contribution in [2.45, 2.75) is 20.0 Å². The molecule has 102 valence electrons. The van der Waals surface area contributed by atoms with Crippen LogP contribution in [0, 0.1) is 6.92 Å². The maximum atomic E-state index is 4.27. The molecule has 0 unspecified atom stereocenters. The molecule has 0 atom stereocenters. The van der Waals surface area contributed by atoms with Crippen LogP contribution in [0.15, 0.2) is 28.8 Å². The molecule has 0 spiro atoms. The van der Waals surface area contributed by atoms with Crippen molar-refractivity contribution in [3.05, 3.63) is 40.1 Å². The van der Waals surface area contributed by atoms with Gasteiger partial charge >= 0.3 is 0 Å². The summed E-state index contributed by atoms with van der Waals surface area (Å²) in [7, 11) is 3.75. The van der Waals surface area contributed by atoms with E-state index in [0.29, 0.717) is 6.54 Å². The number of nitrogens with one attached hydrogen (secondary N) is 2. The summed E-state index contributed by atoms with van der Waals surface area (Å²) in [5.41, 5.74) is 1.32. The second-order valence-corrected chi connectivity index (χ2v) is 5.26. The van der Waals surface area contributed by atoms with E-state index < -0.39 is 0 Å². The van der Waals surface area contributed by atoms with Crippen LogP contribution in [0.4, 0.5) is 0 Å². The number of aromatic nitrogens is 2. The van der Waals surface area contributed by atoms with E-state index in [0.717, 1.165) is 18.3 Å². The van der Waals surface area contributed by atoms with Gasteiger partial charge in [-0.1, -0.05) is 0 Å². The largest absolute Gasteiger partial charge is 0.352 e. The smallest absolute Gasteiger partial charge is 0.191 e. The summed E-state index contributed by atoms with van der Waals surface area (Å²) in [4.78, 5) is 9.81. The van der Waals surface area contributed by atoms with Crippen LogP contribution in [0.5, 0.6) is 0 Å². The van der Waals surface area contributed by atoms with Gasteiger partial charge in [-0.15, -0.1) is 11.3 Å². The molecule has 0 saturated heterocycles. The molecule has 0 fully saturated rings. The number of nitrogens with zero attached hydrogens (tertiary/aromatic N) is 3. The highest BCUT2D eigenvalue weighted by Gasteiger charge is 2.03. The fraction of sp³-hybridized carbons (Fsp3) is 0.385. The number of thiophene rings is 1. The Labute approximate surface area is 117 Å². The van der Waals surface area contributed by atoms with Gasteiger partial charge in [-0.3, -0.25) is 4.99 Å². The third kappa shape index (κ3) is 3.57. The van der Waals surface area contributed by atoms with Gasteiger partial charge in [0.2, 0.25) is 0 Å². The minimum absolute atomic E-state index is 0.659. The molecule has 2 rings (SSSR count). The van der Waals surface area contributed by atoms with Gasteiger partial charge in [0.25, 0.3) is 0 Å². The Morgan fingerprint density at radius 2 is 2.21 bits per heavy atom. The molecule has 2 heterocycles. The maximum Gasteiger partial charge on any atom is 0.191 e. The zero-order valence-electron chi connectivity index (χ0n) is 11.5. The highest BCUT2D eigenvalue weighted by molar-refractivity contribution is 7.10. The molecule has 2 N–H and O–H groups in total. The molecule has 5 nitrogen and oxygen atoms in total. The van der Waals surface area contributed by atoms with Crippen molar-refractivity contribution in [2.75, 3.05) is 7.05 Å². The topological polar surface area (TPSA) is 54.2 Å². The number of imidazole rings is 1. The van der Waals surface area contributed by atoms with Gasteiger partial charge < -0.3 is 15.2 Å². The highest BCUT2D eigenvalue weighted by atomic mass is 32.1. The number of rotatable bonds is 4. The standard InChI is InChI=1S/C13H19N5S/c1-10-4-7-19-11(10)8-16-13(14-2)17-9-12-15-5-6-18(12)3/h4-7H,8-9H2,1-3H3,(H2,14,16,17). The van der Waals surface area contributed by atoms with Crippen molar-refractivity contribution >= 4 is 17.3 Å². The Morgan fingerprint density at radius 3 is 2.79 bits per heavy atom. The molecule has 0 saturated carbocycles. The molecular weight excluding hydrogens is 258 g/mol. The fourth-order valence-electron chi connectivity index (χ4n) is 1.70. The van der Waals surface area contributed by atoms with Crippen LogP contribution < -0.4 is 10.6 Å². The summed E-state index contributed by atoms with van der Waals surface area (Å²) in [6.07, 6.45) is 3.73. The van der Waals surface area contributed by atoms with Crippen LogP contribution in [0.1, 0.15) is 16.3 Å². The number of aryl methyl sites for hydroxylation is 2. The predicted octanol–water partition coefficient (Wildman–Crippen LogP) is 1.66. The summed E-state index contributed by atoms with van der Waals surface area (Å²) in [5, 5.41) is 8.67. The van der Waals surface area contributed by atoms with Gasteiger partial charge in [0.15, 0.2) is 5.96 Å². The lowest BCUT2D eigenvalue weighted by Gasteiger charge is -2.11. The lowest BCUT2D eigenvalue weighted by molar-refractivity contribution is 0.728. The first-order valence-electron chi connectivity index (χ1n) is 6.14. The lowest BCUT2D eigenvalue weighted by atomic mass is 10.3. The zero-order valence-corrected chi connectivity index (χ0v) is 12.3. The zero-order chi connectivity index (χ0) is 13.7. The molecule has 19 heavy (non-hydrogen) atoms. The van der Waals surface area contributed by atoms with E-state index in [-0.39, 0.29) is 0 Å². The average Bonchev–Trinajstić information content (AvgIpc) is 2.99. The van der Waals surface area contributed by atoms with Crippen molar-refractivity contribution < 1.29 is 0 Å². The summed E-state index contributed by atoms with van der Waals surface area (Å²) >= 11 is 1.76. The van der Waals surface area contributed by atoms with Crippen LogP contribution in [0.3, 0.4) is 0 Å². The van der Waals surface area contributed by atoms with Crippen molar-refractivity contribution in [2.24, 2.45) is 12.0 Å². The molecule has 6 heteroatoms. The summed E-state index contributed by atoms with van der Waals surface area (Å²) in [6, 6.07) is 2.13. The Kier molecular flexibility index (Phi) is 4.57. The van der Waals surface area contributed by atoms with Crippen LogP contribution >= 0.6 is 11.3 Å². The molecular formula is C13H19N5S. The van der Waals surface area contributed by atoms with Gasteiger partial charge in [-0.2, -0.15) is 0 Å². The van der Waals surface area contributed by atoms with E-state index in [1.54, 1.807) is 24.6 Å². The normalized spacial score (nSPS) is 11.6. The Balaban J connectivity index is 1.84. The first kappa shape index (κ1) is 13.6. The lowest BCUT2D eigenvalue weighted by Crippen LogP contribution is -2.36. The Hall–Kier alpha value is -1.82. The summed E-state index contributed by atoms with van der Waals surface area (Å²) in [6.45, 7) is 3.58. The van der Waals surface area contributed by atoms with E-state index in [4.69, 9.17) is 0 Å². The van der Waals surface area contributed by atoms with Gasteiger partial charge in [-0.05, 0) is 23.9 Å². The molecule has 2 aromatic heterocycles. The van der Waals surface area contributed by atoms with Crippen molar-refractivity contribution in [1.29, 1.82) is 0 Å². The molecule has 0 aromatic carbocycles. The molecule has 0 amide bonds. The molecule has 0 aliphatic carbocycles. The summed E-state index contributed by atoms with van der Waals surface area (Å²) < 4.78 is 1.99. The predicted molar refractivity (Wildman–Crippen MR) is 79.3 cm³/mol. The third-order valence-corrected chi connectivity index (χ3v) is 3.97. The van der Waals surface area contributed by atoms with E-state index in [2.05, 4.69) is 39.0 Å². The van der Waals surface area contributed by atoms with E-state index in [9.17, 15) is 0 Å². The monoisotopic (exact) mass is 277 g/mol. The number of aliphatic imine (C=N–C) groups is 1. The first-order valence-corrected chi connectivity index (χ1v) is 7.02. The number of hydrogen-bond donors (Lipinski definition) is 2. The van der Waals surface area contributed by atoms with Gasteiger partial charge in [0.1, 0.15) is 5.82 Å². The van der Waals surface area contributed by atoms with E-state index in [1.807, 2.05) is 17.8 Å². The van der Waals surface area contributed by atoms with Crippen LogP contribution in [-0.2, 0) is 20.1 Å². The molecule has 2 aromatic rings. The number of hydrogen-bond acceptors (Lipinski definition) is 3. The molecule has 0 aliphatic heterocycles. The molecule has 0 aliphatic rings.